The third-order valence-corrected chi connectivity index (χ3v) is 7.17. The van der Waals surface area contributed by atoms with Gasteiger partial charge in [-0.1, -0.05) is 12.1 Å². The Morgan fingerprint density at radius 3 is 2.59 bits per heavy atom. The molecule has 204 valence electrons. The maximum Gasteiger partial charge on any atom is 0.248 e. The summed E-state index contributed by atoms with van der Waals surface area (Å²) in [6.45, 7) is 8.48. The van der Waals surface area contributed by atoms with Crippen LogP contribution in [-0.4, -0.2) is 29.2 Å². The molecule has 1 amide bonds. The number of phenols is 1. The van der Waals surface area contributed by atoms with E-state index in [1.165, 1.54) is 6.08 Å². The Kier molecular flexibility index (Phi) is 8.14. The van der Waals surface area contributed by atoms with Crippen LogP contribution >= 0.6 is 0 Å². The molecule has 4 rings (SSSR count). The molecule has 1 aliphatic rings. The van der Waals surface area contributed by atoms with Gasteiger partial charge in [0.15, 0.2) is 5.96 Å². The van der Waals surface area contributed by atoms with Gasteiger partial charge in [0, 0.05) is 23.7 Å². The molecule has 1 heterocycles. The van der Waals surface area contributed by atoms with Crippen molar-refractivity contribution in [2.24, 2.45) is 16.5 Å². The number of anilines is 1. The van der Waals surface area contributed by atoms with E-state index in [0.29, 0.717) is 29.5 Å². The van der Waals surface area contributed by atoms with Crippen molar-refractivity contribution in [3.63, 3.8) is 0 Å². The highest BCUT2D eigenvalue weighted by Crippen LogP contribution is 2.44. The summed E-state index contributed by atoms with van der Waals surface area (Å²) in [6.07, 6.45) is 5.57. The Hall–Kier alpha value is -4.46. The number of hydrogen-bond acceptors (Lipinski definition) is 5. The highest BCUT2D eigenvalue weighted by molar-refractivity contribution is 6.02. The van der Waals surface area contributed by atoms with Gasteiger partial charge in [0.1, 0.15) is 22.8 Å². The Balaban J connectivity index is 1.29. The van der Waals surface area contributed by atoms with Gasteiger partial charge in [-0.25, -0.2) is 4.99 Å². The van der Waals surface area contributed by atoms with Crippen LogP contribution in [0.5, 0.6) is 17.2 Å². The molecule has 0 aromatic heterocycles. The number of hydrogen-bond donors (Lipinski definition) is 4. The van der Waals surface area contributed by atoms with Crippen LogP contribution in [0.1, 0.15) is 47.6 Å². The molecule has 0 bridgehead atoms. The van der Waals surface area contributed by atoms with Crippen LogP contribution in [0.4, 0.5) is 11.4 Å². The number of carbonyl (C=O) groups is 1. The highest BCUT2D eigenvalue weighted by Gasteiger charge is 2.34. The molecule has 0 fully saturated rings. The van der Waals surface area contributed by atoms with Gasteiger partial charge in [0.25, 0.3) is 0 Å². The van der Waals surface area contributed by atoms with Gasteiger partial charge < -0.3 is 31.4 Å². The average Bonchev–Trinajstić information content (AvgIpc) is 2.90. The predicted molar refractivity (Wildman–Crippen MR) is 156 cm³/mol. The van der Waals surface area contributed by atoms with Crippen molar-refractivity contribution in [2.45, 2.75) is 52.6 Å². The Bertz CT molecular complexity index is 1430. The van der Waals surface area contributed by atoms with Gasteiger partial charge >= 0.3 is 0 Å². The molecule has 0 radical (unpaired) electrons. The summed E-state index contributed by atoms with van der Waals surface area (Å²) in [5, 5.41) is 13.2. The fraction of sp³-hybridized carbons (Fsp3) is 0.290. The number of aliphatic imine (C=N–C) groups is 1. The molecule has 0 spiro atoms. The van der Waals surface area contributed by atoms with Crippen molar-refractivity contribution >= 4 is 29.3 Å². The SMILES string of the molecule is Cc1c(C)c2c(c(C)c1O)CCC(C)(CCOc1ccc(NC(=O)/C=C/c3cccc(N=C(N)N)c3)cc1)O2. The van der Waals surface area contributed by atoms with E-state index in [4.69, 9.17) is 20.9 Å². The van der Waals surface area contributed by atoms with E-state index in [1.54, 1.807) is 30.3 Å². The fourth-order valence-corrected chi connectivity index (χ4v) is 4.69. The summed E-state index contributed by atoms with van der Waals surface area (Å²) < 4.78 is 12.5. The molecular weight excluding hydrogens is 492 g/mol. The standard InChI is InChI=1S/C31H36N4O4/c1-19-20(2)29-26(21(3)28(19)37)14-15-31(4,39-29)16-17-38-25-11-9-23(10-12-25)34-27(36)13-8-22-6-5-7-24(18-22)35-30(32)33/h5-13,18,37H,14-17H2,1-4H3,(H,34,36)(H4,32,33,35)/b13-8+. The molecule has 0 saturated carbocycles. The number of benzene rings is 3. The summed E-state index contributed by atoms with van der Waals surface area (Å²) in [5.41, 5.74) is 16.4. The lowest BCUT2D eigenvalue weighted by molar-refractivity contribution is -0.111. The third-order valence-electron chi connectivity index (χ3n) is 7.17. The van der Waals surface area contributed by atoms with Crippen LogP contribution in [0.2, 0.25) is 0 Å². The maximum absolute atomic E-state index is 12.4. The number of phenolic OH excluding ortho intramolecular Hbond substituents is 1. The predicted octanol–water partition coefficient (Wildman–Crippen LogP) is 5.43. The van der Waals surface area contributed by atoms with Crippen molar-refractivity contribution in [3.05, 3.63) is 82.4 Å². The maximum atomic E-state index is 12.4. The Labute approximate surface area is 229 Å². The van der Waals surface area contributed by atoms with Crippen LogP contribution in [0, 0.1) is 20.8 Å². The van der Waals surface area contributed by atoms with Crippen molar-refractivity contribution in [2.75, 3.05) is 11.9 Å². The van der Waals surface area contributed by atoms with Gasteiger partial charge in [-0.3, -0.25) is 4.79 Å². The molecule has 6 N–H and O–H groups in total. The van der Waals surface area contributed by atoms with Crippen LogP contribution in [0.15, 0.2) is 59.6 Å². The monoisotopic (exact) mass is 528 g/mol. The smallest absolute Gasteiger partial charge is 0.248 e. The lowest BCUT2D eigenvalue weighted by atomic mass is 9.86. The number of carbonyl (C=O) groups excluding carboxylic acids is 1. The first-order chi connectivity index (χ1) is 18.5. The number of aromatic hydroxyl groups is 1. The molecule has 8 nitrogen and oxygen atoms in total. The van der Waals surface area contributed by atoms with Gasteiger partial charge in [0.2, 0.25) is 5.91 Å². The molecule has 39 heavy (non-hydrogen) atoms. The van der Waals surface area contributed by atoms with E-state index in [2.05, 4.69) is 17.2 Å². The molecule has 1 aliphatic heterocycles. The normalized spacial score (nSPS) is 16.3. The summed E-state index contributed by atoms with van der Waals surface area (Å²) in [5.74, 6) is 1.70. The lowest BCUT2D eigenvalue weighted by Crippen LogP contribution is -2.38. The summed E-state index contributed by atoms with van der Waals surface area (Å²) in [7, 11) is 0. The number of guanidine groups is 1. The highest BCUT2D eigenvalue weighted by atomic mass is 16.5. The number of fused-ring (bicyclic) bond motifs is 1. The summed E-state index contributed by atoms with van der Waals surface area (Å²) >= 11 is 0. The fourth-order valence-electron chi connectivity index (χ4n) is 4.69. The second kappa shape index (κ2) is 11.5. The molecular formula is C31H36N4O4. The zero-order valence-corrected chi connectivity index (χ0v) is 22.9. The van der Waals surface area contributed by atoms with E-state index in [0.717, 1.165) is 52.8 Å². The van der Waals surface area contributed by atoms with Crippen molar-refractivity contribution in [1.82, 2.24) is 0 Å². The number of nitrogens with one attached hydrogen (secondary N) is 1. The van der Waals surface area contributed by atoms with Crippen LogP contribution in [-0.2, 0) is 11.2 Å². The largest absolute Gasteiger partial charge is 0.507 e. The van der Waals surface area contributed by atoms with E-state index in [1.807, 2.05) is 45.0 Å². The van der Waals surface area contributed by atoms with E-state index < -0.39 is 0 Å². The van der Waals surface area contributed by atoms with Crippen molar-refractivity contribution in [3.8, 4) is 17.2 Å². The van der Waals surface area contributed by atoms with Gasteiger partial charge in [0.05, 0.1) is 12.3 Å². The minimum absolute atomic E-state index is 0.0225. The Morgan fingerprint density at radius 1 is 1.13 bits per heavy atom. The zero-order valence-electron chi connectivity index (χ0n) is 22.9. The van der Waals surface area contributed by atoms with E-state index in [-0.39, 0.29) is 17.5 Å². The second-order valence-corrected chi connectivity index (χ2v) is 10.2. The topological polar surface area (TPSA) is 132 Å². The second-order valence-electron chi connectivity index (χ2n) is 10.2. The number of rotatable bonds is 8. The van der Waals surface area contributed by atoms with Gasteiger partial charge in [-0.05, 0) is 105 Å². The van der Waals surface area contributed by atoms with Crippen LogP contribution < -0.4 is 26.3 Å². The third kappa shape index (κ3) is 6.71. The van der Waals surface area contributed by atoms with Gasteiger partial charge in [-0.15, -0.1) is 0 Å². The first-order valence-electron chi connectivity index (χ1n) is 13.0. The molecule has 0 aliphatic carbocycles. The molecule has 1 atom stereocenters. The average molecular weight is 529 g/mol. The summed E-state index contributed by atoms with van der Waals surface area (Å²) in [4.78, 5) is 16.4. The number of nitrogens with two attached hydrogens (primary N) is 2. The van der Waals surface area contributed by atoms with E-state index in [9.17, 15) is 9.90 Å². The quantitative estimate of drug-likeness (QED) is 0.175. The number of amides is 1. The molecule has 0 saturated heterocycles. The van der Waals surface area contributed by atoms with Crippen LogP contribution in [0.3, 0.4) is 0 Å². The first-order valence-corrected chi connectivity index (χ1v) is 13.0. The molecule has 3 aromatic carbocycles. The first kappa shape index (κ1) is 27.6. The van der Waals surface area contributed by atoms with Gasteiger partial charge in [-0.2, -0.15) is 0 Å². The minimum atomic E-state index is -0.351. The number of ether oxygens (including phenoxy) is 2. The van der Waals surface area contributed by atoms with Crippen molar-refractivity contribution < 1.29 is 19.4 Å². The zero-order chi connectivity index (χ0) is 28.2. The number of nitrogens with zero attached hydrogens (tertiary/aromatic N) is 1. The summed E-state index contributed by atoms with van der Waals surface area (Å²) in [6, 6.07) is 14.5. The minimum Gasteiger partial charge on any atom is -0.507 e. The molecule has 3 aromatic rings. The Morgan fingerprint density at radius 2 is 1.87 bits per heavy atom. The van der Waals surface area contributed by atoms with Crippen LogP contribution in [0.25, 0.3) is 6.08 Å². The van der Waals surface area contributed by atoms with E-state index >= 15 is 0 Å². The molecule has 8 heteroatoms. The molecule has 1 unspecified atom stereocenters. The van der Waals surface area contributed by atoms with Crippen molar-refractivity contribution in [1.29, 1.82) is 0 Å². The lowest BCUT2D eigenvalue weighted by Gasteiger charge is -2.38.